The minimum atomic E-state index is -4.26. The summed E-state index contributed by atoms with van der Waals surface area (Å²) in [5, 5.41) is 0. The molecule has 88 valence electrons. The van der Waals surface area contributed by atoms with Gasteiger partial charge in [0.15, 0.2) is 0 Å². The van der Waals surface area contributed by atoms with Gasteiger partial charge in [-0.15, -0.1) is 0 Å². The van der Waals surface area contributed by atoms with Crippen molar-refractivity contribution in [2.24, 2.45) is 0 Å². The Morgan fingerprint density at radius 3 is 2.62 bits per heavy atom. The van der Waals surface area contributed by atoms with Crippen LogP contribution in [0.4, 0.5) is 18.9 Å². The molecule has 0 fully saturated rings. The first kappa shape index (κ1) is 11.7. The SMILES string of the molecule is Nc1c(Br)c(CC(F)(F)F)nc2c1CCC2. The van der Waals surface area contributed by atoms with E-state index in [0.717, 1.165) is 30.5 Å². The molecule has 0 amide bonds. The van der Waals surface area contributed by atoms with Crippen molar-refractivity contribution in [2.45, 2.75) is 31.9 Å². The number of nitrogens with two attached hydrogens (primary N) is 1. The Morgan fingerprint density at radius 1 is 1.31 bits per heavy atom. The van der Waals surface area contributed by atoms with Crippen molar-refractivity contribution in [3.8, 4) is 0 Å². The molecule has 0 bridgehead atoms. The van der Waals surface area contributed by atoms with Crippen LogP contribution in [0.25, 0.3) is 0 Å². The van der Waals surface area contributed by atoms with Crippen molar-refractivity contribution in [2.75, 3.05) is 5.73 Å². The number of aromatic nitrogens is 1. The van der Waals surface area contributed by atoms with Gasteiger partial charge in [-0.3, -0.25) is 4.98 Å². The molecule has 1 aromatic rings. The number of hydrogen-bond donors (Lipinski definition) is 1. The third kappa shape index (κ3) is 2.16. The number of aryl methyl sites for hydroxylation is 1. The van der Waals surface area contributed by atoms with E-state index in [2.05, 4.69) is 20.9 Å². The third-order valence-electron chi connectivity index (χ3n) is 2.64. The fourth-order valence-electron chi connectivity index (χ4n) is 1.95. The number of hydrogen-bond acceptors (Lipinski definition) is 2. The maximum absolute atomic E-state index is 12.3. The summed E-state index contributed by atoms with van der Waals surface area (Å²) in [6, 6.07) is 0. The van der Waals surface area contributed by atoms with E-state index in [9.17, 15) is 13.2 Å². The highest BCUT2D eigenvalue weighted by atomic mass is 79.9. The summed E-state index contributed by atoms with van der Waals surface area (Å²) < 4.78 is 37.2. The first-order chi connectivity index (χ1) is 7.38. The molecule has 1 aliphatic rings. The summed E-state index contributed by atoms with van der Waals surface area (Å²) in [7, 11) is 0. The molecule has 0 spiro atoms. The molecule has 1 aromatic heterocycles. The zero-order valence-corrected chi connectivity index (χ0v) is 9.95. The zero-order chi connectivity index (χ0) is 11.9. The van der Waals surface area contributed by atoms with Gasteiger partial charge in [0.25, 0.3) is 0 Å². The van der Waals surface area contributed by atoms with E-state index in [1.807, 2.05) is 0 Å². The van der Waals surface area contributed by atoms with Crippen LogP contribution in [0.2, 0.25) is 0 Å². The molecule has 0 aliphatic heterocycles. The number of nitrogens with zero attached hydrogens (tertiary/aromatic N) is 1. The minimum absolute atomic E-state index is 0.00866. The molecule has 0 atom stereocenters. The Bertz CT molecular complexity index is 429. The van der Waals surface area contributed by atoms with Gasteiger partial charge in [-0.2, -0.15) is 13.2 Å². The van der Waals surface area contributed by atoms with E-state index in [1.54, 1.807) is 0 Å². The lowest BCUT2D eigenvalue weighted by Crippen LogP contribution is -2.15. The molecule has 0 unspecified atom stereocenters. The van der Waals surface area contributed by atoms with Crippen LogP contribution in [0.5, 0.6) is 0 Å². The summed E-state index contributed by atoms with van der Waals surface area (Å²) in [5.41, 5.74) is 7.83. The monoisotopic (exact) mass is 294 g/mol. The standard InChI is InChI=1S/C10H10BrF3N2/c11-8-7(4-10(12,13)14)16-6-3-1-2-5(6)9(8)15/h1-4H2,(H2,15,16). The lowest BCUT2D eigenvalue weighted by molar-refractivity contribution is -0.127. The van der Waals surface area contributed by atoms with E-state index in [4.69, 9.17) is 5.73 Å². The predicted octanol–water partition coefficient (Wildman–Crippen LogP) is 3.02. The van der Waals surface area contributed by atoms with Gasteiger partial charge < -0.3 is 5.73 Å². The van der Waals surface area contributed by atoms with Crippen LogP contribution >= 0.6 is 15.9 Å². The highest BCUT2D eigenvalue weighted by Gasteiger charge is 2.31. The number of halogens is 4. The number of alkyl halides is 3. The first-order valence-electron chi connectivity index (χ1n) is 4.91. The second-order valence-electron chi connectivity index (χ2n) is 3.86. The van der Waals surface area contributed by atoms with E-state index in [1.165, 1.54) is 0 Å². The first-order valence-corrected chi connectivity index (χ1v) is 5.70. The minimum Gasteiger partial charge on any atom is -0.397 e. The van der Waals surface area contributed by atoms with Crippen LogP contribution in [-0.2, 0) is 19.3 Å². The van der Waals surface area contributed by atoms with Crippen LogP contribution in [0.1, 0.15) is 23.4 Å². The average Bonchev–Trinajstić information content (AvgIpc) is 2.59. The topological polar surface area (TPSA) is 38.9 Å². The van der Waals surface area contributed by atoms with Gasteiger partial charge in [0.1, 0.15) is 0 Å². The fraction of sp³-hybridized carbons (Fsp3) is 0.500. The van der Waals surface area contributed by atoms with Crippen LogP contribution in [-0.4, -0.2) is 11.2 Å². The number of nitrogen functional groups attached to an aromatic ring is 1. The van der Waals surface area contributed by atoms with E-state index < -0.39 is 12.6 Å². The van der Waals surface area contributed by atoms with Gasteiger partial charge in [0.05, 0.1) is 22.3 Å². The third-order valence-corrected chi connectivity index (χ3v) is 3.53. The molecule has 0 saturated heterocycles. The van der Waals surface area contributed by atoms with Crippen molar-refractivity contribution >= 4 is 21.6 Å². The molecular formula is C10H10BrF3N2. The van der Waals surface area contributed by atoms with Crippen molar-refractivity contribution < 1.29 is 13.2 Å². The van der Waals surface area contributed by atoms with Crippen LogP contribution in [0, 0.1) is 0 Å². The van der Waals surface area contributed by atoms with Crippen molar-refractivity contribution in [1.82, 2.24) is 4.98 Å². The van der Waals surface area contributed by atoms with Gasteiger partial charge in [0.2, 0.25) is 0 Å². The summed E-state index contributed by atoms with van der Waals surface area (Å²) in [4.78, 5) is 4.05. The van der Waals surface area contributed by atoms with E-state index >= 15 is 0 Å². The molecule has 1 aliphatic carbocycles. The Morgan fingerprint density at radius 2 is 2.00 bits per heavy atom. The van der Waals surface area contributed by atoms with Crippen LogP contribution < -0.4 is 5.73 Å². The normalized spacial score (nSPS) is 15.2. The highest BCUT2D eigenvalue weighted by molar-refractivity contribution is 9.10. The summed E-state index contributed by atoms with van der Waals surface area (Å²) in [5.74, 6) is 0. The smallest absolute Gasteiger partial charge is 0.394 e. The molecule has 0 aromatic carbocycles. The van der Waals surface area contributed by atoms with Crippen molar-refractivity contribution in [3.05, 3.63) is 21.4 Å². The molecular weight excluding hydrogens is 285 g/mol. The Balaban J connectivity index is 2.44. The quantitative estimate of drug-likeness (QED) is 0.865. The maximum Gasteiger partial charge on any atom is 0.394 e. The molecule has 0 radical (unpaired) electrons. The van der Waals surface area contributed by atoms with E-state index in [0.29, 0.717) is 10.2 Å². The van der Waals surface area contributed by atoms with Gasteiger partial charge >= 0.3 is 6.18 Å². The zero-order valence-electron chi connectivity index (χ0n) is 8.36. The second-order valence-corrected chi connectivity index (χ2v) is 4.65. The Hall–Kier alpha value is -0.780. The maximum atomic E-state index is 12.3. The van der Waals surface area contributed by atoms with Crippen molar-refractivity contribution in [1.29, 1.82) is 0 Å². The van der Waals surface area contributed by atoms with Crippen molar-refractivity contribution in [3.63, 3.8) is 0 Å². The van der Waals surface area contributed by atoms with E-state index in [-0.39, 0.29) is 5.69 Å². The Kier molecular flexibility index (Phi) is 2.86. The summed E-state index contributed by atoms with van der Waals surface area (Å²) in [6.45, 7) is 0. The van der Waals surface area contributed by atoms with Gasteiger partial charge in [-0.1, -0.05) is 0 Å². The fourth-order valence-corrected chi connectivity index (χ4v) is 2.42. The molecule has 6 heteroatoms. The van der Waals surface area contributed by atoms with Crippen LogP contribution in [0.15, 0.2) is 4.47 Å². The molecule has 2 rings (SSSR count). The number of fused-ring (bicyclic) bond motifs is 1. The largest absolute Gasteiger partial charge is 0.397 e. The average molecular weight is 295 g/mol. The molecule has 2 N–H and O–H groups in total. The number of pyridine rings is 1. The summed E-state index contributed by atoms with van der Waals surface area (Å²) >= 11 is 3.10. The van der Waals surface area contributed by atoms with Gasteiger partial charge in [-0.25, -0.2) is 0 Å². The molecule has 0 saturated carbocycles. The lowest BCUT2D eigenvalue weighted by atomic mass is 10.1. The number of anilines is 1. The van der Waals surface area contributed by atoms with Gasteiger partial charge in [-0.05, 0) is 40.8 Å². The molecule has 1 heterocycles. The molecule has 2 nitrogen and oxygen atoms in total. The van der Waals surface area contributed by atoms with Gasteiger partial charge in [0, 0.05) is 5.69 Å². The Labute approximate surface area is 99.2 Å². The molecule has 16 heavy (non-hydrogen) atoms. The van der Waals surface area contributed by atoms with Crippen LogP contribution in [0.3, 0.4) is 0 Å². The predicted molar refractivity (Wildman–Crippen MR) is 58.1 cm³/mol. The lowest BCUT2D eigenvalue weighted by Gasteiger charge is -2.12. The second kappa shape index (κ2) is 3.91. The summed E-state index contributed by atoms with van der Waals surface area (Å²) in [6.07, 6.45) is -2.86. The number of rotatable bonds is 1. The highest BCUT2D eigenvalue weighted by Crippen LogP contribution is 2.35.